The number of carbonyl (C=O) groups excluding carboxylic acids is 1. The highest BCUT2D eigenvalue weighted by molar-refractivity contribution is 7.89. The molecular formula is C14H19ClN2O5S. The number of rotatable bonds is 7. The Balaban J connectivity index is 2.71. The third kappa shape index (κ3) is 5.19. The second kappa shape index (κ2) is 7.29. The lowest BCUT2D eigenvalue weighted by Gasteiger charge is -2.21. The number of hydrogen-bond acceptors (Lipinski definition) is 4. The summed E-state index contributed by atoms with van der Waals surface area (Å²) < 4.78 is 25.5. The number of aliphatic carboxylic acids is 1. The minimum atomic E-state index is -3.82. The molecule has 0 aromatic heterocycles. The van der Waals surface area contributed by atoms with Crippen LogP contribution < -0.4 is 5.32 Å². The topological polar surface area (TPSA) is 104 Å². The number of carboxylic acid groups (broad SMARTS) is 1. The maximum atomic E-state index is 12.3. The Morgan fingerprint density at radius 1 is 1.26 bits per heavy atom. The molecule has 0 bridgehead atoms. The molecule has 0 fully saturated rings. The highest BCUT2D eigenvalue weighted by Gasteiger charge is 2.28. The van der Waals surface area contributed by atoms with Gasteiger partial charge in [0.15, 0.2) is 0 Å². The molecule has 0 radical (unpaired) electrons. The molecule has 1 amide bonds. The van der Waals surface area contributed by atoms with Gasteiger partial charge in [-0.15, -0.1) is 0 Å². The standard InChI is InChI=1S/C14H19ClN2O5S/c1-14(2,13(19)20)9-16-12(18)8-17(3)23(21,22)11-6-4-10(15)5-7-11/h4-7H,8-9H2,1-3H3,(H,16,18)(H,19,20). The van der Waals surface area contributed by atoms with Gasteiger partial charge < -0.3 is 10.4 Å². The number of nitrogens with one attached hydrogen (secondary N) is 1. The van der Waals surface area contributed by atoms with Crippen LogP contribution in [0.5, 0.6) is 0 Å². The lowest BCUT2D eigenvalue weighted by molar-refractivity contribution is -0.146. The summed E-state index contributed by atoms with van der Waals surface area (Å²) in [5.41, 5.74) is -1.14. The van der Waals surface area contributed by atoms with Crippen molar-refractivity contribution in [2.45, 2.75) is 18.7 Å². The highest BCUT2D eigenvalue weighted by Crippen LogP contribution is 2.17. The minimum Gasteiger partial charge on any atom is -0.481 e. The van der Waals surface area contributed by atoms with Crippen LogP contribution in [0.4, 0.5) is 0 Å². The van der Waals surface area contributed by atoms with Crippen molar-refractivity contribution in [3.05, 3.63) is 29.3 Å². The number of nitrogens with zero attached hydrogens (tertiary/aromatic N) is 1. The Hall–Kier alpha value is -1.64. The van der Waals surface area contributed by atoms with Crippen LogP contribution >= 0.6 is 11.6 Å². The first-order chi connectivity index (χ1) is 10.5. The van der Waals surface area contributed by atoms with Crippen LogP contribution in [-0.4, -0.2) is 49.8 Å². The summed E-state index contributed by atoms with van der Waals surface area (Å²) in [7, 11) is -2.55. The first kappa shape index (κ1) is 19.4. The molecule has 0 aliphatic rings. The lowest BCUT2D eigenvalue weighted by atomic mass is 9.94. The van der Waals surface area contributed by atoms with Crippen LogP contribution in [0.2, 0.25) is 5.02 Å². The number of carbonyl (C=O) groups is 2. The molecule has 0 saturated heterocycles. The zero-order valence-electron chi connectivity index (χ0n) is 13.0. The van der Waals surface area contributed by atoms with Crippen LogP contribution in [0.15, 0.2) is 29.2 Å². The fraction of sp³-hybridized carbons (Fsp3) is 0.429. The third-order valence-electron chi connectivity index (χ3n) is 3.19. The van der Waals surface area contributed by atoms with E-state index in [0.29, 0.717) is 5.02 Å². The van der Waals surface area contributed by atoms with E-state index >= 15 is 0 Å². The van der Waals surface area contributed by atoms with Gasteiger partial charge in [0.1, 0.15) is 0 Å². The molecule has 128 valence electrons. The zero-order valence-corrected chi connectivity index (χ0v) is 14.6. The van der Waals surface area contributed by atoms with E-state index in [1.165, 1.54) is 45.2 Å². The smallest absolute Gasteiger partial charge is 0.310 e. The van der Waals surface area contributed by atoms with Gasteiger partial charge in [-0.25, -0.2) is 8.42 Å². The summed E-state index contributed by atoms with van der Waals surface area (Å²) in [6.07, 6.45) is 0. The number of likely N-dealkylation sites (N-methyl/N-ethyl adjacent to an activating group) is 1. The monoisotopic (exact) mass is 362 g/mol. The summed E-state index contributed by atoms with van der Waals surface area (Å²) in [5, 5.41) is 11.8. The zero-order chi connectivity index (χ0) is 17.8. The average Bonchev–Trinajstić information content (AvgIpc) is 2.45. The van der Waals surface area contributed by atoms with E-state index in [0.717, 1.165) is 4.31 Å². The van der Waals surface area contributed by atoms with Crippen molar-refractivity contribution in [3.8, 4) is 0 Å². The van der Waals surface area contributed by atoms with E-state index in [2.05, 4.69) is 5.32 Å². The largest absolute Gasteiger partial charge is 0.481 e. The molecule has 2 N–H and O–H groups in total. The molecule has 9 heteroatoms. The van der Waals surface area contributed by atoms with E-state index < -0.39 is 33.9 Å². The molecule has 23 heavy (non-hydrogen) atoms. The van der Waals surface area contributed by atoms with Gasteiger partial charge in [0.05, 0.1) is 16.9 Å². The Bertz CT molecular complexity index is 686. The normalized spacial score (nSPS) is 12.2. The molecule has 0 saturated carbocycles. The van der Waals surface area contributed by atoms with Gasteiger partial charge in [0.2, 0.25) is 15.9 Å². The van der Waals surface area contributed by atoms with Crippen LogP contribution in [0.25, 0.3) is 0 Å². The van der Waals surface area contributed by atoms with Gasteiger partial charge in [-0.3, -0.25) is 9.59 Å². The van der Waals surface area contributed by atoms with Gasteiger partial charge in [-0.1, -0.05) is 11.6 Å². The quantitative estimate of drug-likeness (QED) is 0.758. The summed E-state index contributed by atoms with van der Waals surface area (Å²) in [5.74, 6) is -1.64. The predicted octanol–water partition coefficient (Wildman–Crippen LogP) is 1.19. The first-order valence-electron chi connectivity index (χ1n) is 6.69. The number of carboxylic acids is 1. The van der Waals surface area contributed by atoms with Crippen LogP contribution in [0.3, 0.4) is 0 Å². The molecule has 0 atom stereocenters. The summed E-state index contributed by atoms with van der Waals surface area (Å²) >= 11 is 5.71. The fourth-order valence-corrected chi connectivity index (χ4v) is 2.78. The fourth-order valence-electron chi connectivity index (χ4n) is 1.52. The van der Waals surface area contributed by atoms with Crippen molar-refractivity contribution in [2.24, 2.45) is 5.41 Å². The van der Waals surface area contributed by atoms with E-state index in [1.54, 1.807) is 0 Å². The van der Waals surface area contributed by atoms with Gasteiger partial charge in [0, 0.05) is 18.6 Å². The molecule has 1 aromatic rings. The van der Waals surface area contributed by atoms with E-state index in [1.807, 2.05) is 0 Å². The maximum Gasteiger partial charge on any atom is 0.310 e. The Kier molecular flexibility index (Phi) is 6.15. The molecular weight excluding hydrogens is 344 g/mol. The molecule has 0 unspecified atom stereocenters. The second-order valence-corrected chi connectivity index (χ2v) is 8.16. The summed E-state index contributed by atoms with van der Waals surface area (Å²) in [4.78, 5) is 22.8. The number of hydrogen-bond donors (Lipinski definition) is 2. The van der Waals surface area contributed by atoms with Crippen LogP contribution in [-0.2, 0) is 19.6 Å². The summed E-state index contributed by atoms with van der Waals surface area (Å²) in [6, 6.07) is 5.58. The van der Waals surface area contributed by atoms with E-state index in [9.17, 15) is 18.0 Å². The molecule has 1 rings (SSSR count). The van der Waals surface area contributed by atoms with Crippen LogP contribution in [0, 0.1) is 5.41 Å². The summed E-state index contributed by atoms with van der Waals surface area (Å²) in [6.45, 7) is 2.41. The Labute approximate surface area is 140 Å². The molecule has 7 nitrogen and oxygen atoms in total. The molecule has 0 heterocycles. The van der Waals surface area contributed by atoms with Crippen molar-refractivity contribution >= 4 is 33.5 Å². The molecule has 0 aliphatic carbocycles. The Morgan fingerprint density at radius 2 is 1.78 bits per heavy atom. The van der Waals surface area contributed by atoms with E-state index in [-0.39, 0.29) is 11.4 Å². The molecule has 1 aromatic carbocycles. The van der Waals surface area contributed by atoms with Gasteiger partial charge >= 0.3 is 5.97 Å². The van der Waals surface area contributed by atoms with Gasteiger partial charge in [-0.2, -0.15) is 4.31 Å². The van der Waals surface area contributed by atoms with Crippen molar-refractivity contribution in [1.29, 1.82) is 0 Å². The predicted molar refractivity (Wildman–Crippen MR) is 85.7 cm³/mol. The van der Waals surface area contributed by atoms with Gasteiger partial charge in [-0.05, 0) is 38.1 Å². The van der Waals surface area contributed by atoms with Crippen molar-refractivity contribution in [2.75, 3.05) is 20.1 Å². The maximum absolute atomic E-state index is 12.3. The average molecular weight is 363 g/mol. The third-order valence-corrected chi connectivity index (χ3v) is 5.26. The molecule has 0 spiro atoms. The van der Waals surface area contributed by atoms with Crippen molar-refractivity contribution in [1.82, 2.24) is 9.62 Å². The highest BCUT2D eigenvalue weighted by atomic mass is 35.5. The van der Waals surface area contributed by atoms with E-state index in [4.69, 9.17) is 16.7 Å². The van der Waals surface area contributed by atoms with Crippen molar-refractivity contribution in [3.63, 3.8) is 0 Å². The number of benzene rings is 1. The minimum absolute atomic E-state index is 0.0167. The van der Waals surface area contributed by atoms with Gasteiger partial charge in [0.25, 0.3) is 0 Å². The van der Waals surface area contributed by atoms with Crippen molar-refractivity contribution < 1.29 is 23.1 Å². The Morgan fingerprint density at radius 3 is 2.26 bits per heavy atom. The number of sulfonamides is 1. The second-order valence-electron chi connectivity index (χ2n) is 5.68. The lowest BCUT2D eigenvalue weighted by Crippen LogP contribution is -2.43. The SMILES string of the molecule is CN(CC(=O)NCC(C)(C)C(=O)O)S(=O)(=O)c1ccc(Cl)cc1. The molecule has 0 aliphatic heterocycles. The number of halogens is 1. The first-order valence-corrected chi connectivity index (χ1v) is 8.50. The van der Waals surface area contributed by atoms with Crippen LogP contribution in [0.1, 0.15) is 13.8 Å². The number of amides is 1.